The van der Waals surface area contributed by atoms with Gasteiger partial charge in [-0.3, -0.25) is 9.69 Å². The minimum Gasteiger partial charge on any atom is -0.385 e. The van der Waals surface area contributed by atoms with E-state index in [1.807, 2.05) is 13.8 Å². The van der Waals surface area contributed by atoms with Crippen molar-refractivity contribution in [3.63, 3.8) is 0 Å². The molecule has 16 heavy (non-hydrogen) atoms. The van der Waals surface area contributed by atoms with E-state index in [1.165, 1.54) is 4.90 Å². The molecule has 0 aliphatic carbocycles. The third kappa shape index (κ3) is 2.19. The van der Waals surface area contributed by atoms with Gasteiger partial charge in [0.1, 0.15) is 5.54 Å². The van der Waals surface area contributed by atoms with Gasteiger partial charge in [0.05, 0.1) is 0 Å². The van der Waals surface area contributed by atoms with Gasteiger partial charge in [-0.2, -0.15) is 0 Å². The lowest BCUT2D eigenvalue weighted by Gasteiger charge is -2.25. The lowest BCUT2D eigenvalue weighted by molar-refractivity contribution is -0.132. The standard InChI is InChI=1S/C11H20N2O3/c1-8(2)11(3)9(14)13(10(15)12-11)6-5-7-16-4/h8H,5-7H2,1-4H3,(H,12,15). The highest BCUT2D eigenvalue weighted by molar-refractivity contribution is 6.06. The second kappa shape index (κ2) is 4.82. The van der Waals surface area contributed by atoms with Crippen LogP contribution >= 0.6 is 0 Å². The Labute approximate surface area is 96.1 Å². The first kappa shape index (κ1) is 13.0. The molecule has 0 aromatic rings. The smallest absolute Gasteiger partial charge is 0.325 e. The fourth-order valence-electron chi connectivity index (χ4n) is 1.68. The monoisotopic (exact) mass is 228 g/mol. The van der Waals surface area contributed by atoms with Gasteiger partial charge in [0.2, 0.25) is 0 Å². The molecule has 1 aliphatic rings. The molecule has 0 saturated carbocycles. The number of ether oxygens (including phenoxy) is 1. The molecule has 0 aromatic heterocycles. The molecule has 5 heteroatoms. The van der Waals surface area contributed by atoms with Crippen molar-refractivity contribution in [2.75, 3.05) is 20.3 Å². The van der Waals surface area contributed by atoms with Gasteiger partial charge in [-0.1, -0.05) is 13.8 Å². The second-order valence-corrected chi connectivity index (χ2v) is 4.59. The summed E-state index contributed by atoms with van der Waals surface area (Å²) in [7, 11) is 1.60. The predicted octanol–water partition coefficient (Wildman–Crippen LogP) is 0.989. The Kier molecular flexibility index (Phi) is 3.91. The number of nitrogens with zero attached hydrogens (tertiary/aromatic N) is 1. The van der Waals surface area contributed by atoms with Crippen molar-refractivity contribution in [3.05, 3.63) is 0 Å². The van der Waals surface area contributed by atoms with E-state index in [4.69, 9.17) is 4.74 Å². The number of methoxy groups -OCH3 is 1. The van der Waals surface area contributed by atoms with Gasteiger partial charge in [-0.15, -0.1) is 0 Å². The first-order valence-corrected chi connectivity index (χ1v) is 5.56. The van der Waals surface area contributed by atoms with Crippen LogP contribution in [0.5, 0.6) is 0 Å². The number of hydrogen-bond donors (Lipinski definition) is 1. The van der Waals surface area contributed by atoms with Crippen LogP contribution < -0.4 is 5.32 Å². The largest absolute Gasteiger partial charge is 0.385 e. The van der Waals surface area contributed by atoms with Crippen LogP contribution in [-0.2, 0) is 9.53 Å². The molecular weight excluding hydrogens is 208 g/mol. The van der Waals surface area contributed by atoms with Gasteiger partial charge >= 0.3 is 6.03 Å². The van der Waals surface area contributed by atoms with Gasteiger partial charge < -0.3 is 10.1 Å². The first-order chi connectivity index (χ1) is 7.43. The second-order valence-electron chi connectivity index (χ2n) is 4.59. The lowest BCUT2D eigenvalue weighted by Crippen LogP contribution is -2.48. The summed E-state index contributed by atoms with van der Waals surface area (Å²) in [5.74, 6) is -0.0556. The van der Waals surface area contributed by atoms with E-state index >= 15 is 0 Å². The van der Waals surface area contributed by atoms with Gasteiger partial charge in [-0.05, 0) is 19.3 Å². The Bertz CT molecular complexity index is 291. The molecule has 1 rings (SSSR count). The summed E-state index contributed by atoms with van der Waals surface area (Å²) in [4.78, 5) is 25.0. The number of carbonyl (C=O) groups excluding carboxylic acids is 2. The number of carbonyl (C=O) groups is 2. The van der Waals surface area contributed by atoms with Crippen LogP contribution in [0.2, 0.25) is 0 Å². The molecule has 3 amide bonds. The molecule has 92 valence electrons. The Morgan fingerprint density at radius 2 is 2.06 bits per heavy atom. The van der Waals surface area contributed by atoms with Crippen LogP contribution in [0.4, 0.5) is 4.79 Å². The van der Waals surface area contributed by atoms with E-state index in [9.17, 15) is 9.59 Å². The summed E-state index contributed by atoms with van der Waals surface area (Å²) in [5.41, 5.74) is -0.760. The highest BCUT2D eigenvalue weighted by Crippen LogP contribution is 2.25. The highest BCUT2D eigenvalue weighted by atomic mass is 16.5. The van der Waals surface area contributed by atoms with E-state index in [1.54, 1.807) is 14.0 Å². The molecule has 1 fully saturated rings. The van der Waals surface area contributed by atoms with Crippen molar-refractivity contribution >= 4 is 11.9 Å². The number of rotatable bonds is 5. The molecular formula is C11H20N2O3. The van der Waals surface area contributed by atoms with E-state index in [0.29, 0.717) is 19.6 Å². The van der Waals surface area contributed by atoms with Crippen molar-refractivity contribution in [1.82, 2.24) is 10.2 Å². The van der Waals surface area contributed by atoms with Crippen LogP contribution in [0.3, 0.4) is 0 Å². The Morgan fingerprint density at radius 1 is 1.44 bits per heavy atom. The fraction of sp³-hybridized carbons (Fsp3) is 0.818. The maximum atomic E-state index is 12.1. The topological polar surface area (TPSA) is 58.6 Å². The Balaban J connectivity index is 2.68. The molecule has 1 N–H and O–H groups in total. The molecule has 1 aliphatic heterocycles. The molecule has 0 bridgehead atoms. The minimum atomic E-state index is -0.760. The molecule has 1 unspecified atom stereocenters. The van der Waals surface area contributed by atoms with E-state index in [-0.39, 0.29) is 17.9 Å². The number of hydrogen-bond acceptors (Lipinski definition) is 3. The number of urea groups is 1. The summed E-state index contributed by atoms with van der Waals surface area (Å²) < 4.78 is 4.90. The Morgan fingerprint density at radius 3 is 2.50 bits per heavy atom. The van der Waals surface area contributed by atoms with Gasteiger partial charge in [0, 0.05) is 20.3 Å². The van der Waals surface area contributed by atoms with Gasteiger partial charge in [0.15, 0.2) is 0 Å². The van der Waals surface area contributed by atoms with Crippen LogP contribution in [-0.4, -0.2) is 42.6 Å². The van der Waals surface area contributed by atoms with Crippen molar-refractivity contribution in [2.24, 2.45) is 5.92 Å². The summed E-state index contributed by atoms with van der Waals surface area (Å²) in [6, 6.07) is -0.294. The van der Waals surface area contributed by atoms with Crippen LogP contribution in [0.1, 0.15) is 27.2 Å². The number of amides is 3. The molecule has 0 spiro atoms. The normalized spacial score (nSPS) is 25.4. The predicted molar refractivity (Wildman–Crippen MR) is 60.0 cm³/mol. The molecule has 0 radical (unpaired) electrons. The van der Waals surface area contributed by atoms with E-state index < -0.39 is 5.54 Å². The number of imide groups is 1. The summed E-state index contributed by atoms with van der Waals surface area (Å²) in [6.07, 6.45) is 0.670. The van der Waals surface area contributed by atoms with Crippen LogP contribution in [0, 0.1) is 5.92 Å². The van der Waals surface area contributed by atoms with Crippen LogP contribution in [0.25, 0.3) is 0 Å². The zero-order valence-electron chi connectivity index (χ0n) is 10.4. The van der Waals surface area contributed by atoms with Crippen molar-refractivity contribution < 1.29 is 14.3 Å². The minimum absolute atomic E-state index is 0.0800. The van der Waals surface area contributed by atoms with Crippen LogP contribution in [0.15, 0.2) is 0 Å². The van der Waals surface area contributed by atoms with Crippen molar-refractivity contribution in [3.8, 4) is 0 Å². The van der Waals surface area contributed by atoms with Crippen molar-refractivity contribution in [2.45, 2.75) is 32.7 Å². The average molecular weight is 228 g/mol. The third-order valence-corrected chi connectivity index (χ3v) is 3.19. The summed E-state index contributed by atoms with van der Waals surface area (Å²) in [5, 5.41) is 2.75. The first-order valence-electron chi connectivity index (χ1n) is 5.56. The zero-order valence-corrected chi connectivity index (χ0v) is 10.4. The van der Waals surface area contributed by atoms with Crippen molar-refractivity contribution in [1.29, 1.82) is 0 Å². The molecule has 5 nitrogen and oxygen atoms in total. The van der Waals surface area contributed by atoms with Gasteiger partial charge in [-0.25, -0.2) is 4.79 Å². The highest BCUT2D eigenvalue weighted by Gasteiger charge is 2.49. The fourth-order valence-corrected chi connectivity index (χ4v) is 1.68. The molecule has 1 heterocycles. The zero-order chi connectivity index (χ0) is 12.3. The average Bonchev–Trinajstić information content (AvgIpc) is 2.43. The van der Waals surface area contributed by atoms with E-state index in [2.05, 4.69) is 5.32 Å². The van der Waals surface area contributed by atoms with E-state index in [0.717, 1.165) is 0 Å². The number of nitrogens with one attached hydrogen (secondary N) is 1. The van der Waals surface area contributed by atoms with Gasteiger partial charge in [0.25, 0.3) is 5.91 Å². The SMILES string of the molecule is COCCCN1C(=O)NC(C)(C(C)C)C1=O. The molecule has 0 aromatic carbocycles. The quantitative estimate of drug-likeness (QED) is 0.564. The summed E-state index contributed by atoms with van der Waals surface area (Å²) in [6.45, 7) is 6.60. The lowest BCUT2D eigenvalue weighted by atomic mass is 9.88. The third-order valence-electron chi connectivity index (χ3n) is 3.19. The molecule has 1 saturated heterocycles. The maximum Gasteiger partial charge on any atom is 0.325 e. The summed E-state index contributed by atoms with van der Waals surface area (Å²) >= 11 is 0. The Hall–Kier alpha value is -1.10. The molecule has 1 atom stereocenters. The maximum absolute atomic E-state index is 12.1.